The van der Waals surface area contributed by atoms with Gasteiger partial charge in [-0.25, -0.2) is 8.42 Å². The fourth-order valence-corrected chi connectivity index (χ4v) is 4.58. The zero-order chi connectivity index (χ0) is 17.7. The first-order valence-electron chi connectivity index (χ1n) is 7.04. The maximum Gasteiger partial charge on any atom is 0.243 e. The van der Waals surface area contributed by atoms with E-state index in [-0.39, 0.29) is 24.4 Å². The maximum absolute atomic E-state index is 12.9. The molecule has 2 aromatic rings. The van der Waals surface area contributed by atoms with Gasteiger partial charge in [-0.05, 0) is 48.2 Å². The number of thiophene rings is 1. The molecule has 0 radical (unpaired) electrons. The van der Waals surface area contributed by atoms with Gasteiger partial charge in [-0.2, -0.15) is 4.31 Å². The van der Waals surface area contributed by atoms with Crippen LogP contribution in [-0.4, -0.2) is 25.2 Å². The molecule has 1 aromatic heterocycles. The number of rotatable bonds is 7. The second-order valence-corrected chi connectivity index (χ2v) is 8.47. The summed E-state index contributed by atoms with van der Waals surface area (Å²) < 4.78 is 26.9. The Morgan fingerprint density at radius 3 is 2.50 bits per heavy atom. The van der Waals surface area contributed by atoms with Gasteiger partial charge >= 0.3 is 0 Å². The number of carbonyl (C=O) groups is 1. The average molecular weight is 388 g/mol. The maximum atomic E-state index is 12.9. The highest BCUT2D eigenvalue weighted by Crippen LogP contribution is 2.24. The normalized spacial score (nSPS) is 11.7. The third-order valence-corrected chi connectivity index (χ3v) is 6.56. The molecule has 24 heavy (non-hydrogen) atoms. The Bertz CT molecular complexity index is 803. The van der Waals surface area contributed by atoms with Crippen molar-refractivity contribution in [1.29, 1.82) is 0 Å². The quantitative estimate of drug-likeness (QED) is 0.739. The summed E-state index contributed by atoms with van der Waals surface area (Å²) in [6.45, 7) is 1.94. The number of amides is 1. The standard InChI is InChI=1S/C15H16ClN2O4S2/c1-11-7-9-23-14(11)10-18(8-6-15(19)17-20)24(21,22)13-4-2-12(16)3-5-13/h2-5,7,9H,6,8,10H2,1H3,(H-,17,19,20)/q-1. The van der Waals surface area contributed by atoms with E-state index in [2.05, 4.69) is 0 Å². The van der Waals surface area contributed by atoms with Gasteiger partial charge in [0, 0.05) is 29.4 Å². The minimum atomic E-state index is -3.82. The van der Waals surface area contributed by atoms with E-state index < -0.39 is 15.9 Å². The summed E-state index contributed by atoms with van der Waals surface area (Å²) >= 11 is 7.25. The SMILES string of the molecule is Cc1ccsc1CN(CCC(=O)N[O-])S(=O)(=O)c1ccc(Cl)cc1. The van der Waals surface area contributed by atoms with Crippen LogP contribution in [0.3, 0.4) is 0 Å². The van der Waals surface area contributed by atoms with Crippen molar-refractivity contribution in [3.8, 4) is 0 Å². The fraction of sp³-hybridized carbons (Fsp3) is 0.267. The number of sulfonamides is 1. The van der Waals surface area contributed by atoms with Crippen LogP contribution in [-0.2, 0) is 21.4 Å². The van der Waals surface area contributed by atoms with E-state index in [0.717, 1.165) is 10.4 Å². The lowest BCUT2D eigenvalue weighted by atomic mass is 10.3. The van der Waals surface area contributed by atoms with E-state index in [1.807, 2.05) is 18.4 Å². The van der Waals surface area contributed by atoms with E-state index in [4.69, 9.17) is 11.6 Å². The molecule has 1 heterocycles. The number of aryl methyl sites for hydroxylation is 1. The number of benzene rings is 1. The monoisotopic (exact) mass is 387 g/mol. The van der Waals surface area contributed by atoms with Gasteiger partial charge in [-0.15, -0.1) is 11.3 Å². The van der Waals surface area contributed by atoms with Crippen molar-refractivity contribution in [1.82, 2.24) is 9.79 Å². The molecular formula is C15H16ClN2O4S2-. The van der Waals surface area contributed by atoms with Crippen LogP contribution in [0.5, 0.6) is 0 Å². The van der Waals surface area contributed by atoms with Gasteiger partial charge in [0.05, 0.1) is 4.90 Å². The highest BCUT2D eigenvalue weighted by Gasteiger charge is 2.25. The predicted octanol–water partition coefficient (Wildman–Crippen LogP) is 2.90. The molecule has 1 N–H and O–H groups in total. The third-order valence-electron chi connectivity index (χ3n) is 3.44. The van der Waals surface area contributed by atoms with Crippen LogP contribution in [0.15, 0.2) is 40.6 Å². The topological polar surface area (TPSA) is 89.5 Å². The smallest absolute Gasteiger partial charge is 0.243 e. The van der Waals surface area contributed by atoms with E-state index >= 15 is 0 Å². The van der Waals surface area contributed by atoms with Gasteiger partial charge in [-0.3, -0.25) is 4.79 Å². The predicted molar refractivity (Wildman–Crippen MR) is 94.2 cm³/mol. The van der Waals surface area contributed by atoms with Gasteiger partial charge in [-0.1, -0.05) is 11.6 Å². The first-order valence-corrected chi connectivity index (χ1v) is 9.74. The Morgan fingerprint density at radius 1 is 1.29 bits per heavy atom. The molecule has 6 nitrogen and oxygen atoms in total. The molecule has 0 aliphatic rings. The summed E-state index contributed by atoms with van der Waals surface area (Å²) in [6, 6.07) is 7.72. The molecule has 0 saturated heterocycles. The number of hydrogen-bond donors (Lipinski definition) is 1. The first kappa shape index (κ1) is 18.9. The molecule has 2 rings (SSSR count). The van der Waals surface area contributed by atoms with Gasteiger partial charge in [0.2, 0.25) is 15.9 Å². The second-order valence-electron chi connectivity index (χ2n) is 5.09. The molecule has 0 unspecified atom stereocenters. The zero-order valence-corrected chi connectivity index (χ0v) is 15.2. The molecule has 0 spiro atoms. The van der Waals surface area contributed by atoms with Crippen LogP contribution >= 0.6 is 22.9 Å². The minimum Gasteiger partial charge on any atom is -0.759 e. The molecule has 0 fully saturated rings. The van der Waals surface area contributed by atoms with Crippen LogP contribution in [0.1, 0.15) is 16.9 Å². The Balaban J connectivity index is 2.30. The van der Waals surface area contributed by atoms with Crippen molar-refractivity contribution in [2.45, 2.75) is 24.8 Å². The van der Waals surface area contributed by atoms with Crippen molar-refractivity contribution in [3.05, 3.63) is 56.4 Å². The van der Waals surface area contributed by atoms with Crippen molar-refractivity contribution in [2.24, 2.45) is 0 Å². The van der Waals surface area contributed by atoms with Gasteiger partial charge in [0.1, 0.15) is 0 Å². The van der Waals surface area contributed by atoms with Crippen molar-refractivity contribution >= 4 is 38.9 Å². The number of carbonyl (C=O) groups excluding carboxylic acids is 1. The number of hydrogen-bond acceptors (Lipinski definition) is 5. The van der Waals surface area contributed by atoms with E-state index in [9.17, 15) is 18.4 Å². The van der Waals surface area contributed by atoms with Crippen LogP contribution in [0.4, 0.5) is 0 Å². The first-order chi connectivity index (χ1) is 11.3. The molecule has 0 aliphatic carbocycles. The van der Waals surface area contributed by atoms with E-state index in [0.29, 0.717) is 5.02 Å². The Hall–Kier alpha value is -1.45. The number of nitrogens with zero attached hydrogens (tertiary/aromatic N) is 1. The van der Waals surface area contributed by atoms with Crippen LogP contribution in [0.2, 0.25) is 5.02 Å². The summed E-state index contributed by atoms with van der Waals surface area (Å²) in [4.78, 5) is 12.2. The Kier molecular flexibility index (Phi) is 6.36. The number of nitrogens with one attached hydrogen (secondary N) is 1. The molecule has 1 amide bonds. The van der Waals surface area contributed by atoms with Crippen LogP contribution in [0, 0.1) is 12.1 Å². The van der Waals surface area contributed by atoms with Crippen molar-refractivity contribution in [2.75, 3.05) is 6.54 Å². The number of halogens is 1. The molecule has 0 bridgehead atoms. The number of hydroxylamine groups is 1. The molecular weight excluding hydrogens is 372 g/mol. The molecule has 0 atom stereocenters. The molecule has 130 valence electrons. The summed E-state index contributed by atoms with van der Waals surface area (Å²) in [5, 5.41) is 12.7. The average Bonchev–Trinajstić information content (AvgIpc) is 2.96. The van der Waals surface area contributed by atoms with Gasteiger partial charge in [0.15, 0.2) is 0 Å². The molecule has 0 aliphatic heterocycles. The fourth-order valence-electron chi connectivity index (χ4n) is 2.04. The zero-order valence-electron chi connectivity index (χ0n) is 12.9. The summed E-state index contributed by atoms with van der Waals surface area (Å²) in [5.74, 6) is -0.755. The van der Waals surface area contributed by atoms with Gasteiger partial charge in [0.25, 0.3) is 0 Å². The lowest BCUT2D eigenvalue weighted by Crippen LogP contribution is -2.34. The van der Waals surface area contributed by atoms with Crippen molar-refractivity contribution < 1.29 is 13.2 Å². The molecule has 1 aromatic carbocycles. The highest BCUT2D eigenvalue weighted by atomic mass is 35.5. The van der Waals surface area contributed by atoms with Gasteiger partial charge < -0.3 is 10.7 Å². The van der Waals surface area contributed by atoms with Crippen LogP contribution in [0.25, 0.3) is 0 Å². The Labute approximate surface area is 149 Å². The second kappa shape index (κ2) is 8.09. The molecule has 9 heteroatoms. The Morgan fingerprint density at radius 2 is 1.96 bits per heavy atom. The van der Waals surface area contributed by atoms with E-state index in [1.165, 1.54) is 45.4 Å². The van der Waals surface area contributed by atoms with Crippen LogP contribution < -0.4 is 5.48 Å². The van der Waals surface area contributed by atoms with E-state index in [1.54, 1.807) is 0 Å². The third kappa shape index (κ3) is 4.55. The highest BCUT2D eigenvalue weighted by molar-refractivity contribution is 7.89. The molecule has 0 saturated carbocycles. The largest absolute Gasteiger partial charge is 0.759 e. The summed E-state index contributed by atoms with van der Waals surface area (Å²) in [7, 11) is -3.82. The minimum absolute atomic E-state index is 0.0867. The summed E-state index contributed by atoms with van der Waals surface area (Å²) in [5.41, 5.74) is 2.24. The lowest BCUT2D eigenvalue weighted by molar-refractivity contribution is -0.120. The summed E-state index contributed by atoms with van der Waals surface area (Å²) in [6.07, 6.45) is -0.208. The van der Waals surface area contributed by atoms with Crippen molar-refractivity contribution in [3.63, 3.8) is 0 Å². The lowest BCUT2D eigenvalue weighted by Gasteiger charge is -2.22.